The van der Waals surface area contributed by atoms with Crippen LogP contribution in [0.15, 0.2) is 34.3 Å². The van der Waals surface area contributed by atoms with Gasteiger partial charge in [0.2, 0.25) is 22.5 Å². The number of quaternary nitrogens is 1. The number of allylic oxidation sites excluding steroid dienone is 1. The molecule has 50 valence electrons. The van der Waals surface area contributed by atoms with Gasteiger partial charge in [0, 0.05) is 0 Å². The summed E-state index contributed by atoms with van der Waals surface area (Å²) in [6, 6.07) is 0. The summed E-state index contributed by atoms with van der Waals surface area (Å²) in [7, 11) is 0. The molecule has 0 aromatic carbocycles. The average molecular weight is 199 g/mol. The number of fused-ring (bicyclic) bond motifs is 1. The molecule has 0 aromatic rings. The lowest BCUT2D eigenvalue weighted by Crippen LogP contribution is -2.27. The van der Waals surface area contributed by atoms with Gasteiger partial charge < -0.3 is 0 Å². The summed E-state index contributed by atoms with van der Waals surface area (Å²) in [5, 5.41) is 0. The fraction of sp³-hybridized carbons (Fsp3) is 0. The van der Waals surface area contributed by atoms with Crippen LogP contribution < -0.4 is 0 Å². The predicted molar refractivity (Wildman–Crippen MR) is 43.4 cm³/mol. The van der Waals surface area contributed by atoms with Crippen LogP contribution in [0, 0.1) is 0 Å². The van der Waals surface area contributed by atoms with Crippen LogP contribution >= 0.6 is 16.1 Å². The molecule has 2 aliphatic heterocycles. The molecule has 1 atom stereocenters. The summed E-state index contributed by atoms with van der Waals surface area (Å²) in [6.07, 6.45) is 8.99. The largest absolute Gasteiger partial charge is 0.253 e. The first-order valence-electron chi connectivity index (χ1n) is 2.85. The molecule has 0 saturated heterocycles. The Morgan fingerprint density at radius 2 is 2.30 bits per heavy atom. The van der Waals surface area contributed by atoms with E-state index >= 15 is 0 Å². The van der Waals surface area contributed by atoms with E-state index in [1.165, 1.54) is 0 Å². The molecule has 2 rings (SSSR count). The lowest BCUT2D eigenvalue weighted by atomic mass is 10.4. The minimum Gasteiger partial charge on any atom is -0.253 e. The molecule has 0 aromatic heterocycles. The Labute approximate surface area is 67.0 Å². The molecule has 0 amide bonds. The van der Waals surface area contributed by atoms with Gasteiger partial charge in [-0.25, -0.2) is 4.99 Å². The molecule has 0 saturated carbocycles. The number of rotatable bonds is 0. The molecule has 3 nitrogen and oxygen atoms in total. The third-order valence-corrected chi connectivity index (χ3v) is 2.24. The van der Waals surface area contributed by atoms with Gasteiger partial charge in [0.15, 0.2) is 5.70 Å². The Bertz CT molecular complexity index is 277. The van der Waals surface area contributed by atoms with Gasteiger partial charge >= 0.3 is 0 Å². The number of hydrogen-bond acceptors (Lipinski definition) is 2. The van der Waals surface area contributed by atoms with Gasteiger partial charge in [-0.2, -0.15) is 3.51 Å². The van der Waals surface area contributed by atoms with Gasteiger partial charge in [0.1, 0.15) is 6.20 Å². The van der Waals surface area contributed by atoms with Crippen LogP contribution in [0.5, 0.6) is 0 Å². The maximum absolute atomic E-state index is 4.00. The van der Waals surface area contributed by atoms with Crippen molar-refractivity contribution in [1.29, 1.82) is 0 Å². The van der Waals surface area contributed by atoms with Crippen molar-refractivity contribution in [2.24, 2.45) is 9.98 Å². The molecule has 10 heavy (non-hydrogen) atoms. The first-order valence-corrected chi connectivity index (χ1v) is 3.56. The first kappa shape index (κ1) is 6.00. The molecule has 0 N–H and O–H groups in total. The van der Waals surface area contributed by atoms with Crippen molar-refractivity contribution in [1.82, 2.24) is 0 Å². The molecule has 1 unspecified atom stereocenters. The van der Waals surface area contributed by atoms with Crippen LogP contribution in [-0.2, 0) is 0 Å². The van der Waals surface area contributed by atoms with Crippen molar-refractivity contribution in [2.45, 2.75) is 0 Å². The van der Waals surface area contributed by atoms with E-state index in [-0.39, 0.29) is 0 Å². The lowest BCUT2D eigenvalue weighted by molar-refractivity contribution is -0.549. The van der Waals surface area contributed by atoms with Crippen molar-refractivity contribution in [3.05, 3.63) is 24.3 Å². The monoisotopic (exact) mass is 198 g/mol. The second-order valence-electron chi connectivity index (χ2n) is 2.08. The zero-order valence-electron chi connectivity index (χ0n) is 5.11. The first-order chi connectivity index (χ1) is 4.81. The average Bonchev–Trinajstić information content (AvgIpc) is 2.29. The van der Waals surface area contributed by atoms with Crippen LogP contribution in [0.1, 0.15) is 0 Å². The highest BCUT2D eigenvalue weighted by Gasteiger charge is 2.31. The molecule has 0 spiro atoms. The van der Waals surface area contributed by atoms with Crippen LogP contribution in [0.25, 0.3) is 0 Å². The fourth-order valence-corrected chi connectivity index (χ4v) is 1.26. The molecule has 0 bridgehead atoms. The van der Waals surface area contributed by atoms with Gasteiger partial charge in [0.25, 0.3) is 0 Å². The highest BCUT2D eigenvalue weighted by Crippen LogP contribution is 2.27. The minimum atomic E-state index is 0.469. The van der Waals surface area contributed by atoms with E-state index in [0.717, 1.165) is 5.70 Å². The van der Waals surface area contributed by atoms with E-state index in [0.29, 0.717) is 3.51 Å². The second-order valence-corrected chi connectivity index (χ2v) is 3.26. The van der Waals surface area contributed by atoms with E-state index in [1.54, 1.807) is 25.0 Å². The quantitative estimate of drug-likeness (QED) is 0.529. The lowest BCUT2D eigenvalue weighted by Gasteiger charge is -2.16. The van der Waals surface area contributed by atoms with Gasteiger partial charge in [0.05, 0.1) is 18.6 Å². The molecule has 0 aliphatic carbocycles. The Balaban J connectivity index is 2.51. The number of aliphatic imine (C=N–C) groups is 2. The summed E-state index contributed by atoms with van der Waals surface area (Å²) in [4.78, 5) is 7.96. The zero-order valence-corrected chi connectivity index (χ0v) is 6.69. The van der Waals surface area contributed by atoms with E-state index < -0.39 is 0 Å². The summed E-state index contributed by atoms with van der Waals surface area (Å²) >= 11 is 3.46. The predicted octanol–water partition coefficient (Wildman–Crippen LogP) is 1.55. The second kappa shape index (κ2) is 1.87. The van der Waals surface area contributed by atoms with Gasteiger partial charge in [-0.1, -0.05) is 0 Å². The van der Waals surface area contributed by atoms with Gasteiger partial charge in [-0.05, 0) is 0 Å². The van der Waals surface area contributed by atoms with Crippen molar-refractivity contribution in [3.8, 4) is 0 Å². The molecular formula is C6H5BrN3+. The summed E-state index contributed by atoms with van der Waals surface area (Å²) in [6.45, 7) is 0. The van der Waals surface area contributed by atoms with Gasteiger partial charge in [-0.15, -0.1) is 0 Å². The Hall–Kier alpha value is -0.740. The number of nitrogens with zero attached hydrogens (tertiary/aromatic N) is 3. The van der Waals surface area contributed by atoms with E-state index in [9.17, 15) is 0 Å². The Morgan fingerprint density at radius 1 is 1.40 bits per heavy atom. The molecular weight excluding hydrogens is 194 g/mol. The smallest absolute Gasteiger partial charge is 0.246 e. The van der Waals surface area contributed by atoms with Crippen LogP contribution in [0.4, 0.5) is 0 Å². The van der Waals surface area contributed by atoms with Gasteiger partial charge in [-0.3, -0.25) is 4.99 Å². The van der Waals surface area contributed by atoms with Crippen LogP contribution in [-0.4, -0.2) is 16.1 Å². The molecule has 0 radical (unpaired) electrons. The molecule has 4 heteroatoms. The van der Waals surface area contributed by atoms with E-state index in [2.05, 4.69) is 26.1 Å². The summed E-state index contributed by atoms with van der Waals surface area (Å²) in [5.74, 6) is 0. The molecule has 0 fully saturated rings. The standard InChI is InChI=1S/C6H5BrN3/c7-10-2-1-8-3-6(10)4-9-5-10/h1-5H/q+1. The fourth-order valence-electron chi connectivity index (χ4n) is 0.863. The number of halogens is 1. The van der Waals surface area contributed by atoms with Crippen molar-refractivity contribution >= 4 is 28.7 Å². The zero-order chi connectivity index (χ0) is 7.03. The Kier molecular flexibility index (Phi) is 1.12. The summed E-state index contributed by atoms with van der Waals surface area (Å²) < 4.78 is 0.469. The third-order valence-electron chi connectivity index (χ3n) is 1.41. The highest BCUT2D eigenvalue weighted by molar-refractivity contribution is 9.05. The molecule has 2 heterocycles. The highest BCUT2D eigenvalue weighted by atomic mass is 79.9. The maximum Gasteiger partial charge on any atom is 0.246 e. The topological polar surface area (TPSA) is 24.7 Å². The van der Waals surface area contributed by atoms with Crippen molar-refractivity contribution in [3.63, 3.8) is 0 Å². The van der Waals surface area contributed by atoms with E-state index in [1.807, 2.05) is 6.20 Å². The summed E-state index contributed by atoms with van der Waals surface area (Å²) in [5.41, 5.74) is 1.03. The van der Waals surface area contributed by atoms with Crippen molar-refractivity contribution < 1.29 is 3.51 Å². The SMILES string of the molecule is Br[N+]12C=CN=CC1=CN=C2. The van der Waals surface area contributed by atoms with Crippen molar-refractivity contribution in [2.75, 3.05) is 0 Å². The van der Waals surface area contributed by atoms with Crippen LogP contribution in [0.2, 0.25) is 0 Å². The Morgan fingerprint density at radius 3 is 3.10 bits per heavy atom. The van der Waals surface area contributed by atoms with E-state index in [4.69, 9.17) is 0 Å². The minimum absolute atomic E-state index is 0.469. The maximum atomic E-state index is 4.00. The van der Waals surface area contributed by atoms with Crippen LogP contribution in [0.3, 0.4) is 0 Å². The normalized spacial score (nSPS) is 34.3. The molecule has 2 aliphatic rings. The number of hydrogen-bond donors (Lipinski definition) is 0. The third kappa shape index (κ3) is 0.693.